The van der Waals surface area contributed by atoms with Crippen LogP contribution in [0.2, 0.25) is 0 Å². The van der Waals surface area contributed by atoms with Crippen LogP contribution in [0, 0.1) is 0 Å². The largest absolute Gasteiger partial charge is 0.295 e. The molecule has 0 saturated carbocycles. The summed E-state index contributed by atoms with van der Waals surface area (Å²) in [5.74, 6) is 0.102. The molecular weight excluding hydrogens is 232 g/mol. The lowest BCUT2D eigenvalue weighted by molar-refractivity contribution is 0.101. The summed E-state index contributed by atoms with van der Waals surface area (Å²) >= 11 is 0. The van der Waals surface area contributed by atoms with Gasteiger partial charge in [0.15, 0.2) is 5.78 Å². The van der Waals surface area contributed by atoms with Crippen LogP contribution in [0.4, 0.5) is 0 Å². The van der Waals surface area contributed by atoms with Gasteiger partial charge in [-0.05, 0) is 34.9 Å². The van der Waals surface area contributed by atoms with Gasteiger partial charge in [-0.3, -0.25) is 4.79 Å². The predicted molar refractivity (Wildman–Crippen MR) is 79.4 cm³/mol. The lowest BCUT2D eigenvalue weighted by Crippen LogP contribution is -1.92. The molecule has 0 N–H and O–H groups in total. The third-order valence-corrected chi connectivity index (χ3v) is 3.37. The molecular formula is C18H14O. The first-order valence-electron chi connectivity index (χ1n) is 6.35. The summed E-state index contributed by atoms with van der Waals surface area (Å²) in [7, 11) is 0. The maximum atomic E-state index is 11.5. The van der Waals surface area contributed by atoms with Crippen molar-refractivity contribution in [1.29, 1.82) is 0 Å². The monoisotopic (exact) mass is 246 g/mol. The van der Waals surface area contributed by atoms with Gasteiger partial charge in [0.2, 0.25) is 0 Å². The maximum Gasteiger partial charge on any atom is 0.159 e. The lowest BCUT2D eigenvalue weighted by Gasteiger charge is -2.08. The minimum absolute atomic E-state index is 0.102. The summed E-state index contributed by atoms with van der Waals surface area (Å²) in [6, 6.07) is 22.4. The Morgan fingerprint density at radius 1 is 0.842 bits per heavy atom. The molecule has 0 amide bonds. The molecule has 92 valence electrons. The molecule has 0 spiro atoms. The van der Waals surface area contributed by atoms with Crippen molar-refractivity contribution in [2.75, 3.05) is 0 Å². The zero-order valence-electron chi connectivity index (χ0n) is 10.8. The van der Waals surface area contributed by atoms with Crippen molar-refractivity contribution in [3.05, 3.63) is 72.3 Å². The van der Waals surface area contributed by atoms with Gasteiger partial charge in [-0.1, -0.05) is 60.7 Å². The Bertz CT molecular complexity index is 742. The minimum atomic E-state index is 0.102. The summed E-state index contributed by atoms with van der Waals surface area (Å²) < 4.78 is 0. The van der Waals surface area contributed by atoms with Crippen molar-refractivity contribution in [3.63, 3.8) is 0 Å². The molecule has 0 heterocycles. The zero-order chi connectivity index (χ0) is 13.2. The van der Waals surface area contributed by atoms with Crippen molar-refractivity contribution in [1.82, 2.24) is 0 Å². The Hall–Kier alpha value is -2.41. The molecule has 19 heavy (non-hydrogen) atoms. The standard InChI is InChI=1S/C18H14O/c1-13(19)16-11-10-15-8-5-9-17(18(15)12-16)14-6-3-2-4-7-14/h2-12H,1H3. The summed E-state index contributed by atoms with van der Waals surface area (Å²) in [4.78, 5) is 11.5. The van der Waals surface area contributed by atoms with Gasteiger partial charge < -0.3 is 0 Å². The van der Waals surface area contributed by atoms with Gasteiger partial charge in [-0.15, -0.1) is 0 Å². The third-order valence-electron chi connectivity index (χ3n) is 3.37. The highest BCUT2D eigenvalue weighted by molar-refractivity contribution is 6.03. The normalized spacial score (nSPS) is 10.6. The second-order valence-corrected chi connectivity index (χ2v) is 4.66. The highest BCUT2D eigenvalue weighted by Gasteiger charge is 2.06. The average Bonchev–Trinajstić information content (AvgIpc) is 2.47. The first-order valence-corrected chi connectivity index (χ1v) is 6.35. The minimum Gasteiger partial charge on any atom is -0.295 e. The number of Topliss-reactive ketones (excluding diaryl/α,β-unsaturated/α-hetero) is 1. The molecule has 0 aliphatic carbocycles. The lowest BCUT2D eigenvalue weighted by atomic mass is 9.96. The Morgan fingerprint density at radius 2 is 1.63 bits per heavy atom. The molecule has 0 fully saturated rings. The summed E-state index contributed by atoms with van der Waals surface area (Å²) in [5, 5.41) is 2.28. The van der Waals surface area contributed by atoms with Crippen LogP contribution in [-0.2, 0) is 0 Å². The van der Waals surface area contributed by atoms with E-state index in [0.717, 1.165) is 16.3 Å². The second-order valence-electron chi connectivity index (χ2n) is 4.66. The van der Waals surface area contributed by atoms with Crippen LogP contribution < -0.4 is 0 Å². The predicted octanol–water partition coefficient (Wildman–Crippen LogP) is 4.71. The SMILES string of the molecule is CC(=O)c1ccc2cccc(-c3ccccc3)c2c1. The van der Waals surface area contributed by atoms with Crippen LogP contribution in [0.5, 0.6) is 0 Å². The quantitative estimate of drug-likeness (QED) is 0.598. The van der Waals surface area contributed by atoms with Crippen LogP contribution in [-0.4, -0.2) is 5.78 Å². The fourth-order valence-corrected chi connectivity index (χ4v) is 2.36. The number of ketones is 1. The molecule has 0 unspecified atom stereocenters. The molecule has 0 aliphatic rings. The molecule has 0 aliphatic heterocycles. The van der Waals surface area contributed by atoms with Crippen LogP contribution >= 0.6 is 0 Å². The number of hydrogen-bond donors (Lipinski definition) is 0. The van der Waals surface area contributed by atoms with Crippen molar-refractivity contribution in [3.8, 4) is 11.1 Å². The van der Waals surface area contributed by atoms with E-state index >= 15 is 0 Å². The number of carbonyl (C=O) groups is 1. The second kappa shape index (κ2) is 4.69. The number of carbonyl (C=O) groups excluding carboxylic acids is 1. The van der Waals surface area contributed by atoms with E-state index in [1.165, 1.54) is 11.1 Å². The van der Waals surface area contributed by atoms with E-state index < -0.39 is 0 Å². The van der Waals surface area contributed by atoms with Gasteiger partial charge in [0.1, 0.15) is 0 Å². The molecule has 0 saturated heterocycles. The molecule has 3 rings (SSSR count). The van der Waals surface area contributed by atoms with Gasteiger partial charge in [0.05, 0.1) is 0 Å². The van der Waals surface area contributed by atoms with Crippen molar-refractivity contribution < 1.29 is 4.79 Å². The number of fused-ring (bicyclic) bond motifs is 1. The van der Waals surface area contributed by atoms with Crippen LogP contribution in [0.1, 0.15) is 17.3 Å². The molecule has 1 heteroatoms. The highest BCUT2D eigenvalue weighted by Crippen LogP contribution is 2.29. The van der Waals surface area contributed by atoms with Crippen LogP contribution in [0.25, 0.3) is 21.9 Å². The van der Waals surface area contributed by atoms with Crippen molar-refractivity contribution in [2.45, 2.75) is 6.92 Å². The van der Waals surface area contributed by atoms with E-state index in [1.807, 2.05) is 36.4 Å². The van der Waals surface area contributed by atoms with E-state index in [2.05, 4.69) is 30.3 Å². The molecule has 0 bridgehead atoms. The first-order chi connectivity index (χ1) is 9.25. The molecule has 0 atom stereocenters. The average molecular weight is 246 g/mol. The molecule has 1 nitrogen and oxygen atoms in total. The summed E-state index contributed by atoms with van der Waals surface area (Å²) in [6.45, 7) is 1.60. The smallest absolute Gasteiger partial charge is 0.159 e. The Kier molecular flexibility index (Phi) is 2.88. The number of rotatable bonds is 2. The number of hydrogen-bond acceptors (Lipinski definition) is 1. The number of benzene rings is 3. The molecule has 0 radical (unpaired) electrons. The Morgan fingerprint density at radius 3 is 2.37 bits per heavy atom. The summed E-state index contributed by atoms with van der Waals surface area (Å²) in [6.07, 6.45) is 0. The van der Waals surface area contributed by atoms with Crippen molar-refractivity contribution >= 4 is 16.6 Å². The topological polar surface area (TPSA) is 17.1 Å². The van der Waals surface area contributed by atoms with Gasteiger partial charge in [-0.25, -0.2) is 0 Å². The Balaban J connectivity index is 2.30. The van der Waals surface area contributed by atoms with Crippen molar-refractivity contribution in [2.24, 2.45) is 0 Å². The molecule has 3 aromatic rings. The van der Waals surface area contributed by atoms with Crippen LogP contribution in [0.3, 0.4) is 0 Å². The van der Waals surface area contributed by atoms with E-state index in [1.54, 1.807) is 6.92 Å². The summed E-state index contributed by atoms with van der Waals surface area (Å²) in [5.41, 5.74) is 3.10. The van der Waals surface area contributed by atoms with Gasteiger partial charge in [-0.2, -0.15) is 0 Å². The van der Waals surface area contributed by atoms with E-state index in [9.17, 15) is 4.79 Å². The fourth-order valence-electron chi connectivity index (χ4n) is 2.36. The fraction of sp³-hybridized carbons (Fsp3) is 0.0556. The van der Waals surface area contributed by atoms with E-state index in [0.29, 0.717) is 0 Å². The maximum absolute atomic E-state index is 11.5. The third kappa shape index (κ3) is 2.15. The van der Waals surface area contributed by atoms with Gasteiger partial charge >= 0.3 is 0 Å². The first kappa shape index (κ1) is 11.7. The zero-order valence-corrected chi connectivity index (χ0v) is 10.8. The Labute approximate surface area is 112 Å². The van der Waals surface area contributed by atoms with Gasteiger partial charge in [0, 0.05) is 5.56 Å². The van der Waals surface area contributed by atoms with E-state index in [-0.39, 0.29) is 5.78 Å². The molecule has 0 aromatic heterocycles. The molecule has 3 aromatic carbocycles. The van der Waals surface area contributed by atoms with Gasteiger partial charge in [0.25, 0.3) is 0 Å². The van der Waals surface area contributed by atoms with E-state index in [4.69, 9.17) is 0 Å². The van der Waals surface area contributed by atoms with Crippen LogP contribution in [0.15, 0.2) is 66.7 Å². The highest BCUT2D eigenvalue weighted by atomic mass is 16.1.